The van der Waals surface area contributed by atoms with Crippen molar-refractivity contribution in [1.29, 1.82) is 0 Å². The van der Waals surface area contributed by atoms with Gasteiger partial charge in [0.05, 0.1) is 6.54 Å². The molecule has 158 valence electrons. The molecular weight excluding hydrogens is 383 g/mol. The summed E-state index contributed by atoms with van der Waals surface area (Å²) in [5.74, 6) is 0.622. The predicted molar refractivity (Wildman–Crippen MR) is 104 cm³/mol. The molecule has 0 saturated carbocycles. The summed E-state index contributed by atoms with van der Waals surface area (Å²) >= 11 is 0. The minimum absolute atomic E-state index is 0.0157. The van der Waals surface area contributed by atoms with Gasteiger partial charge < -0.3 is 9.80 Å². The summed E-state index contributed by atoms with van der Waals surface area (Å²) in [5, 5.41) is 4.60. The molecule has 2 aromatic heterocycles. The van der Waals surface area contributed by atoms with E-state index in [1.54, 1.807) is 9.58 Å². The van der Waals surface area contributed by atoms with E-state index in [0.717, 1.165) is 29.3 Å². The molecule has 0 N–H and O–H groups in total. The number of carbonyl (C=O) groups excluding carboxylic acids is 1. The third-order valence-electron chi connectivity index (χ3n) is 5.29. The fraction of sp³-hybridized carbons (Fsp3) is 0.550. The number of halogens is 3. The lowest BCUT2D eigenvalue weighted by Gasteiger charge is -2.32. The normalized spacial score (nSPS) is 16.0. The summed E-state index contributed by atoms with van der Waals surface area (Å²) < 4.78 is 41.3. The molecule has 9 heteroatoms. The summed E-state index contributed by atoms with van der Waals surface area (Å²) in [6.45, 7) is 7.16. The number of hydrogen-bond acceptors (Lipinski definition) is 4. The standard InChI is InChI=1S/C18H20F3N5O.C2H6/c1-11(27)25-7-5-14-13(10-25)17(23-24(14)2)26-6-3-4-12-9-22-16(8-15(12)26)18(19,20)21;1-2/h8-9H,3-7,10H2,1-2H3;1-2H3. The highest BCUT2D eigenvalue weighted by Crippen LogP contribution is 2.39. The summed E-state index contributed by atoms with van der Waals surface area (Å²) in [7, 11) is 1.84. The van der Waals surface area contributed by atoms with Gasteiger partial charge in [0.2, 0.25) is 5.91 Å². The first-order valence-electron chi connectivity index (χ1n) is 9.89. The highest BCUT2D eigenvalue weighted by Gasteiger charge is 2.35. The van der Waals surface area contributed by atoms with Crippen molar-refractivity contribution in [2.24, 2.45) is 7.05 Å². The maximum atomic E-state index is 13.2. The molecule has 2 aliphatic heterocycles. The number of aryl methyl sites for hydroxylation is 2. The number of pyridine rings is 1. The molecule has 2 aromatic rings. The van der Waals surface area contributed by atoms with Crippen molar-refractivity contribution >= 4 is 17.4 Å². The lowest BCUT2D eigenvalue weighted by molar-refractivity contribution is -0.141. The second-order valence-electron chi connectivity index (χ2n) is 7.01. The van der Waals surface area contributed by atoms with Gasteiger partial charge in [0.25, 0.3) is 0 Å². The van der Waals surface area contributed by atoms with Gasteiger partial charge in [-0.1, -0.05) is 13.8 Å². The molecule has 0 radical (unpaired) electrons. The Morgan fingerprint density at radius 1 is 1.17 bits per heavy atom. The molecule has 0 unspecified atom stereocenters. The zero-order valence-electron chi connectivity index (χ0n) is 17.2. The van der Waals surface area contributed by atoms with Crippen LogP contribution in [0.25, 0.3) is 0 Å². The maximum Gasteiger partial charge on any atom is 0.433 e. The van der Waals surface area contributed by atoms with E-state index in [9.17, 15) is 18.0 Å². The number of anilines is 2. The summed E-state index contributed by atoms with van der Waals surface area (Å²) in [6.07, 6.45) is -0.995. The molecule has 0 fully saturated rings. The number of carbonyl (C=O) groups is 1. The topological polar surface area (TPSA) is 54.3 Å². The fourth-order valence-corrected chi connectivity index (χ4v) is 3.90. The average molecular weight is 409 g/mol. The van der Waals surface area contributed by atoms with Crippen molar-refractivity contribution in [3.63, 3.8) is 0 Å². The van der Waals surface area contributed by atoms with Gasteiger partial charge in [-0.15, -0.1) is 0 Å². The minimum atomic E-state index is -4.49. The van der Waals surface area contributed by atoms with E-state index in [2.05, 4.69) is 10.1 Å². The minimum Gasteiger partial charge on any atom is -0.338 e. The number of rotatable bonds is 1. The first kappa shape index (κ1) is 21.1. The van der Waals surface area contributed by atoms with Crippen LogP contribution in [0.4, 0.5) is 24.7 Å². The Kier molecular flexibility index (Phi) is 5.86. The van der Waals surface area contributed by atoms with Crippen molar-refractivity contribution in [3.05, 3.63) is 34.8 Å². The van der Waals surface area contributed by atoms with Gasteiger partial charge in [0.15, 0.2) is 5.82 Å². The van der Waals surface area contributed by atoms with Crippen LogP contribution in [0, 0.1) is 0 Å². The molecule has 4 rings (SSSR count). The molecule has 29 heavy (non-hydrogen) atoms. The zero-order chi connectivity index (χ0) is 21.3. The van der Waals surface area contributed by atoms with Crippen LogP contribution in [0.3, 0.4) is 0 Å². The lowest BCUT2D eigenvalue weighted by atomic mass is 10.0. The molecule has 0 aliphatic carbocycles. The fourth-order valence-electron chi connectivity index (χ4n) is 3.90. The molecule has 6 nitrogen and oxygen atoms in total. The third-order valence-corrected chi connectivity index (χ3v) is 5.29. The molecule has 0 atom stereocenters. The largest absolute Gasteiger partial charge is 0.433 e. The number of amides is 1. The first-order chi connectivity index (χ1) is 13.8. The Hall–Kier alpha value is -2.58. The smallest absolute Gasteiger partial charge is 0.338 e. The second kappa shape index (κ2) is 8.04. The molecule has 4 heterocycles. The monoisotopic (exact) mass is 409 g/mol. The van der Waals surface area contributed by atoms with Gasteiger partial charge in [-0.25, -0.2) is 0 Å². The third kappa shape index (κ3) is 3.95. The maximum absolute atomic E-state index is 13.2. The predicted octanol–water partition coefficient (Wildman–Crippen LogP) is 3.85. The second-order valence-corrected chi connectivity index (χ2v) is 7.01. The van der Waals surface area contributed by atoms with Crippen LogP contribution in [-0.2, 0) is 37.4 Å². The van der Waals surface area contributed by atoms with Crippen molar-refractivity contribution in [1.82, 2.24) is 19.7 Å². The van der Waals surface area contributed by atoms with E-state index < -0.39 is 11.9 Å². The van der Waals surface area contributed by atoms with Gasteiger partial charge in [-0.2, -0.15) is 18.3 Å². The van der Waals surface area contributed by atoms with Crippen LogP contribution < -0.4 is 4.90 Å². The molecule has 1 amide bonds. The Labute approximate surface area is 168 Å². The van der Waals surface area contributed by atoms with Crippen LogP contribution >= 0.6 is 0 Å². The van der Waals surface area contributed by atoms with Gasteiger partial charge in [0, 0.05) is 56.6 Å². The first-order valence-corrected chi connectivity index (χ1v) is 9.89. The molecule has 0 aromatic carbocycles. The lowest BCUT2D eigenvalue weighted by Crippen LogP contribution is -2.35. The number of fused-ring (bicyclic) bond motifs is 2. The summed E-state index contributed by atoms with van der Waals surface area (Å²) in [5.41, 5.74) is 2.33. The highest BCUT2D eigenvalue weighted by atomic mass is 19.4. The number of hydrogen-bond donors (Lipinski definition) is 0. The van der Waals surface area contributed by atoms with Crippen molar-refractivity contribution in [3.8, 4) is 0 Å². The van der Waals surface area contributed by atoms with Crippen LogP contribution in [-0.4, -0.2) is 38.7 Å². The number of nitrogens with zero attached hydrogens (tertiary/aromatic N) is 5. The molecule has 0 bridgehead atoms. The molecule has 0 spiro atoms. The van der Waals surface area contributed by atoms with Crippen LogP contribution in [0.15, 0.2) is 12.3 Å². The average Bonchev–Trinajstić information content (AvgIpc) is 3.04. The van der Waals surface area contributed by atoms with Crippen LogP contribution in [0.2, 0.25) is 0 Å². The van der Waals surface area contributed by atoms with Gasteiger partial charge in [-0.05, 0) is 24.5 Å². The van der Waals surface area contributed by atoms with Gasteiger partial charge >= 0.3 is 6.18 Å². The van der Waals surface area contributed by atoms with Crippen molar-refractivity contribution in [2.75, 3.05) is 18.0 Å². The Balaban J connectivity index is 0.00000117. The van der Waals surface area contributed by atoms with E-state index in [1.165, 1.54) is 13.1 Å². The van der Waals surface area contributed by atoms with E-state index in [-0.39, 0.29) is 5.91 Å². The quantitative estimate of drug-likeness (QED) is 0.718. The van der Waals surface area contributed by atoms with E-state index in [4.69, 9.17) is 0 Å². The van der Waals surface area contributed by atoms with Crippen molar-refractivity contribution < 1.29 is 18.0 Å². The molecule has 0 saturated heterocycles. The molecule has 2 aliphatic rings. The molecular formula is C20H26F3N5O. The summed E-state index contributed by atoms with van der Waals surface area (Å²) in [4.78, 5) is 19.0. The van der Waals surface area contributed by atoms with Crippen molar-refractivity contribution in [2.45, 2.75) is 52.8 Å². The highest BCUT2D eigenvalue weighted by molar-refractivity contribution is 5.75. The van der Waals surface area contributed by atoms with Gasteiger partial charge in [0.1, 0.15) is 5.69 Å². The Morgan fingerprint density at radius 2 is 1.90 bits per heavy atom. The van der Waals surface area contributed by atoms with Gasteiger partial charge in [-0.3, -0.25) is 14.5 Å². The summed E-state index contributed by atoms with van der Waals surface area (Å²) in [6, 6.07) is 1.11. The zero-order valence-corrected chi connectivity index (χ0v) is 17.2. The van der Waals surface area contributed by atoms with E-state index in [0.29, 0.717) is 44.0 Å². The SMILES string of the molecule is CC.CC(=O)N1CCc2c(c(N3CCCc4cnc(C(F)(F)F)cc43)nn2C)C1. The van der Waals surface area contributed by atoms with E-state index in [1.807, 2.05) is 25.8 Å². The Bertz CT molecular complexity index is 906. The van der Waals surface area contributed by atoms with E-state index >= 15 is 0 Å². The van der Waals surface area contributed by atoms with Crippen LogP contribution in [0.1, 0.15) is 49.7 Å². The number of aromatic nitrogens is 3. The Morgan fingerprint density at radius 3 is 2.55 bits per heavy atom. The number of alkyl halides is 3. The van der Waals surface area contributed by atoms with Crippen LogP contribution in [0.5, 0.6) is 0 Å².